The summed E-state index contributed by atoms with van der Waals surface area (Å²) < 4.78 is 5.27. The van der Waals surface area contributed by atoms with Crippen LogP contribution in [0.2, 0.25) is 0 Å². The van der Waals surface area contributed by atoms with Gasteiger partial charge in [0.05, 0.1) is 11.6 Å². The van der Waals surface area contributed by atoms with Crippen molar-refractivity contribution in [3.05, 3.63) is 59.7 Å². The first-order valence-corrected chi connectivity index (χ1v) is 7.98. The highest BCUT2D eigenvalue weighted by molar-refractivity contribution is 5.69. The summed E-state index contributed by atoms with van der Waals surface area (Å²) in [5, 5.41) is 8.95. The Hall–Kier alpha value is -2.60. The summed E-state index contributed by atoms with van der Waals surface area (Å²) in [7, 11) is 0. The van der Waals surface area contributed by atoms with Crippen LogP contribution in [-0.4, -0.2) is 5.97 Å². The van der Waals surface area contributed by atoms with Gasteiger partial charge in [0.2, 0.25) is 0 Å². The fourth-order valence-corrected chi connectivity index (χ4v) is 2.32. The quantitative estimate of drug-likeness (QED) is 0.543. The Kier molecular flexibility index (Phi) is 6.38. The zero-order chi connectivity index (χ0) is 16.5. The molecular weight excluding hydrogens is 286 g/mol. The van der Waals surface area contributed by atoms with Crippen LogP contribution in [-0.2, 0) is 16.1 Å². The summed E-state index contributed by atoms with van der Waals surface area (Å²) in [6, 6.07) is 17.5. The number of carbonyl (C=O) groups excluding carboxylic acids is 1. The van der Waals surface area contributed by atoms with Crippen LogP contribution in [0.4, 0.5) is 0 Å². The van der Waals surface area contributed by atoms with Gasteiger partial charge in [0, 0.05) is 6.42 Å². The fourth-order valence-electron chi connectivity index (χ4n) is 2.32. The lowest BCUT2D eigenvalue weighted by molar-refractivity contribution is -0.145. The van der Waals surface area contributed by atoms with Gasteiger partial charge in [0.25, 0.3) is 0 Å². The highest BCUT2D eigenvalue weighted by atomic mass is 16.5. The molecule has 118 valence electrons. The molecule has 0 saturated heterocycles. The summed E-state index contributed by atoms with van der Waals surface area (Å²) in [5.41, 5.74) is 3.66. The molecule has 3 heteroatoms. The van der Waals surface area contributed by atoms with E-state index < -0.39 is 0 Å². The second kappa shape index (κ2) is 8.75. The van der Waals surface area contributed by atoms with E-state index in [9.17, 15) is 4.79 Å². The van der Waals surface area contributed by atoms with Crippen molar-refractivity contribution in [1.82, 2.24) is 0 Å². The summed E-state index contributed by atoms with van der Waals surface area (Å²) in [5.74, 6) is -0.135. The lowest BCUT2D eigenvalue weighted by Crippen LogP contribution is -2.04. The van der Waals surface area contributed by atoms with Gasteiger partial charge >= 0.3 is 5.97 Å². The van der Waals surface area contributed by atoms with Crippen molar-refractivity contribution in [3.63, 3.8) is 0 Å². The minimum absolute atomic E-state index is 0.135. The van der Waals surface area contributed by atoms with Crippen LogP contribution in [0.5, 0.6) is 0 Å². The average Bonchev–Trinajstić information content (AvgIpc) is 2.60. The maximum absolute atomic E-state index is 11.6. The predicted octanol–water partition coefficient (Wildman–Crippen LogP) is 4.85. The lowest BCUT2D eigenvalue weighted by atomic mass is 10.0. The van der Waals surface area contributed by atoms with E-state index in [-0.39, 0.29) is 5.97 Å². The first kappa shape index (κ1) is 16.8. The molecule has 2 rings (SSSR count). The first-order valence-electron chi connectivity index (χ1n) is 7.98. The van der Waals surface area contributed by atoms with Crippen LogP contribution < -0.4 is 0 Å². The van der Waals surface area contributed by atoms with Crippen molar-refractivity contribution in [2.24, 2.45) is 0 Å². The van der Waals surface area contributed by atoms with E-state index >= 15 is 0 Å². The van der Waals surface area contributed by atoms with Gasteiger partial charge in [-0.1, -0.05) is 56.2 Å². The molecule has 2 aromatic rings. The number of hydrogen-bond acceptors (Lipinski definition) is 3. The van der Waals surface area contributed by atoms with Crippen LogP contribution in [0.15, 0.2) is 48.5 Å². The summed E-state index contributed by atoms with van der Waals surface area (Å²) in [6.45, 7) is 2.42. The van der Waals surface area contributed by atoms with Crippen molar-refractivity contribution < 1.29 is 9.53 Å². The zero-order valence-electron chi connectivity index (χ0n) is 13.4. The summed E-state index contributed by atoms with van der Waals surface area (Å²) in [4.78, 5) is 11.6. The Labute approximate surface area is 137 Å². The molecular formula is C20H21NO2. The second-order valence-electron chi connectivity index (χ2n) is 5.51. The number of rotatable bonds is 7. The molecule has 2 aromatic carbocycles. The Balaban J connectivity index is 1.92. The van der Waals surface area contributed by atoms with Gasteiger partial charge in [-0.05, 0) is 35.2 Å². The van der Waals surface area contributed by atoms with E-state index in [0.717, 1.165) is 36.0 Å². The topological polar surface area (TPSA) is 50.1 Å². The maximum Gasteiger partial charge on any atom is 0.306 e. The normalized spacial score (nSPS) is 10.1. The minimum Gasteiger partial charge on any atom is -0.461 e. The largest absolute Gasteiger partial charge is 0.461 e. The highest BCUT2D eigenvalue weighted by Crippen LogP contribution is 2.21. The van der Waals surface area contributed by atoms with Crippen LogP contribution >= 0.6 is 0 Å². The second-order valence-corrected chi connectivity index (χ2v) is 5.51. The fraction of sp³-hybridized carbons (Fsp3) is 0.300. The number of nitrogens with zero attached hydrogens (tertiary/aromatic N) is 1. The number of unbranched alkanes of at least 4 members (excludes halogenated alkanes) is 2. The van der Waals surface area contributed by atoms with E-state index in [1.165, 1.54) is 0 Å². The molecule has 0 aromatic heterocycles. The Morgan fingerprint density at radius 1 is 1.09 bits per heavy atom. The van der Waals surface area contributed by atoms with Gasteiger partial charge in [0.1, 0.15) is 6.61 Å². The molecule has 0 aliphatic heterocycles. The van der Waals surface area contributed by atoms with Crippen molar-refractivity contribution in [3.8, 4) is 17.2 Å². The van der Waals surface area contributed by atoms with Gasteiger partial charge in [-0.2, -0.15) is 5.26 Å². The van der Waals surface area contributed by atoms with Crippen molar-refractivity contribution in [2.45, 2.75) is 39.2 Å². The predicted molar refractivity (Wildman–Crippen MR) is 90.5 cm³/mol. The summed E-state index contributed by atoms with van der Waals surface area (Å²) >= 11 is 0. The van der Waals surface area contributed by atoms with E-state index in [2.05, 4.69) is 13.0 Å². The molecule has 0 aliphatic carbocycles. The molecule has 0 amide bonds. The molecule has 0 fully saturated rings. The Morgan fingerprint density at radius 3 is 2.57 bits per heavy atom. The first-order chi connectivity index (χ1) is 11.2. The van der Waals surface area contributed by atoms with Crippen LogP contribution in [0.1, 0.15) is 43.7 Å². The third kappa shape index (κ3) is 5.27. The highest BCUT2D eigenvalue weighted by Gasteiger charge is 2.04. The Morgan fingerprint density at radius 2 is 1.87 bits per heavy atom. The minimum atomic E-state index is -0.135. The van der Waals surface area contributed by atoms with Gasteiger partial charge in [-0.25, -0.2) is 0 Å². The van der Waals surface area contributed by atoms with Crippen LogP contribution in [0.25, 0.3) is 11.1 Å². The standard InChI is InChI=1S/C20H21NO2/c1-2-3-4-8-20(22)23-15-16-9-11-18(12-10-16)19-7-5-6-17(13-19)14-21/h5-7,9-13H,2-4,8,15H2,1H3. The number of hydrogen-bond donors (Lipinski definition) is 0. The lowest BCUT2D eigenvalue weighted by Gasteiger charge is -2.07. The molecule has 0 heterocycles. The monoisotopic (exact) mass is 307 g/mol. The third-order valence-electron chi connectivity index (χ3n) is 3.66. The molecule has 0 spiro atoms. The zero-order valence-corrected chi connectivity index (χ0v) is 13.4. The number of benzene rings is 2. The molecule has 0 radical (unpaired) electrons. The van der Waals surface area contributed by atoms with Crippen molar-refractivity contribution >= 4 is 5.97 Å². The van der Waals surface area contributed by atoms with E-state index in [4.69, 9.17) is 10.00 Å². The van der Waals surface area contributed by atoms with E-state index in [1.807, 2.05) is 42.5 Å². The third-order valence-corrected chi connectivity index (χ3v) is 3.66. The maximum atomic E-state index is 11.6. The van der Waals surface area contributed by atoms with Gasteiger partial charge in [-0.3, -0.25) is 4.79 Å². The molecule has 0 atom stereocenters. The van der Waals surface area contributed by atoms with Gasteiger partial charge in [0.15, 0.2) is 0 Å². The molecule has 0 N–H and O–H groups in total. The van der Waals surface area contributed by atoms with Crippen LogP contribution in [0, 0.1) is 11.3 Å². The van der Waals surface area contributed by atoms with E-state index in [0.29, 0.717) is 18.6 Å². The number of ether oxygens (including phenoxy) is 1. The number of nitriles is 1. The van der Waals surface area contributed by atoms with Gasteiger partial charge in [-0.15, -0.1) is 0 Å². The van der Waals surface area contributed by atoms with Crippen molar-refractivity contribution in [1.29, 1.82) is 5.26 Å². The molecule has 0 unspecified atom stereocenters. The molecule has 0 bridgehead atoms. The molecule has 3 nitrogen and oxygen atoms in total. The molecule has 0 aliphatic rings. The SMILES string of the molecule is CCCCCC(=O)OCc1ccc(-c2cccc(C#N)c2)cc1. The smallest absolute Gasteiger partial charge is 0.306 e. The van der Waals surface area contributed by atoms with Gasteiger partial charge < -0.3 is 4.74 Å². The Bertz CT molecular complexity index is 684. The summed E-state index contributed by atoms with van der Waals surface area (Å²) in [6.07, 6.45) is 3.55. The van der Waals surface area contributed by atoms with Crippen LogP contribution in [0.3, 0.4) is 0 Å². The number of carbonyl (C=O) groups is 1. The van der Waals surface area contributed by atoms with Crippen molar-refractivity contribution in [2.75, 3.05) is 0 Å². The molecule has 23 heavy (non-hydrogen) atoms. The molecule has 0 saturated carbocycles. The number of esters is 1. The van der Waals surface area contributed by atoms with E-state index in [1.54, 1.807) is 6.07 Å². The average molecular weight is 307 g/mol.